The van der Waals surface area contributed by atoms with Crippen LogP contribution in [0.4, 0.5) is 0 Å². The Balaban J connectivity index is 3.70. The summed E-state index contributed by atoms with van der Waals surface area (Å²) in [6.07, 6.45) is 0. The minimum Gasteiger partial charge on any atom is -0.416 e. The molecule has 0 aliphatic heterocycles. The third kappa shape index (κ3) is 6.85. The third-order valence-electron chi connectivity index (χ3n) is 1.22. The van der Waals surface area contributed by atoms with E-state index in [2.05, 4.69) is 33.9 Å². The Hall–Kier alpha value is 0.467. The second kappa shape index (κ2) is 3.92. The molecule has 0 bridgehead atoms. The van der Waals surface area contributed by atoms with Crippen molar-refractivity contribution in [2.45, 2.75) is 33.9 Å². The monoisotopic (exact) mass is 194 g/mol. The van der Waals surface area contributed by atoms with E-state index in [1.54, 1.807) is 0 Å². The smallest absolute Gasteiger partial charge is 0.201 e. The molecule has 0 aromatic rings. The lowest BCUT2D eigenvalue weighted by atomic mass is 9.99. The first kappa shape index (κ1) is 11.5. The van der Waals surface area contributed by atoms with Gasteiger partial charge in [0.1, 0.15) is 0 Å². The van der Waals surface area contributed by atoms with Gasteiger partial charge in [0.05, 0.1) is 0 Å². The van der Waals surface area contributed by atoms with Crippen molar-refractivity contribution < 1.29 is 4.43 Å². The van der Waals surface area contributed by atoms with Gasteiger partial charge in [0.2, 0.25) is 8.32 Å². The highest BCUT2D eigenvalue weighted by molar-refractivity contribution is 6.77. The number of alkyl halides is 1. The molecule has 0 saturated heterocycles. The Morgan fingerprint density at radius 2 is 1.73 bits per heavy atom. The average Bonchev–Trinajstić information content (AvgIpc) is 1.83. The second-order valence-electron chi connectivity index (χ2n) is 4.74. The number of hydrogen-bond acceptors (Lipinski definition) is 1. The lowest BCUT2D eigenvalue weighted by molar-refractivity contribution is 0.191. The van der Waals surface area contributed by atoms with Gasteiger partial charge in [-0.2, -0.15) is 0 Å². The third-order valence-corrected chi connectivity index (χ3v) is 4.72. The molecule has 0 saturated carbocycles. The SMILES string of the molecule is CC(C)(C)CO[Si](C)(C)CCl. The van der Waals surface area contributed by atoms with Crippen molar-refractivity contribution >= 4 is 19.9 Å². The van der Waals surface area contributed by atoms with Crippen LogP contribution in [0.2, 0.25) is 13.1 Å². The van der Waals surface area contributed by atoms with Gasteiger partial charge < -0.3 is 4.43 Å². The van der Waals surface area contributed by atoms with Crippen LogP contribution in [-0.2, 0) is 4.43 Å². The van der Waals surface area contributed by atoms with Crippen molar-refractivity contribution in [2.24, 2.45) is 5.41 Å². The van der Waals surface area contributed by atoms with E-state index < -0.39 is 8.32 Å². The van der Waals surface area contributed by atoms with Crippen LogP contribution in [0.1, 0.15) is 20.8 Å². The van der Waals surface area contributed by atoms with Gasteiger partial charge in [-0.3, -0.25) is 0 Å². The molecule has 0 atom stereocenters. The van der Waals surface area contributed by atoms with Gasteiger partial charge in [0, 0.05) is 12.1 Å². The molecule has 0 unspecified atom stereocenters. The highest BCUT2D eigenvalue weighted by atomic mass is 35.5. The first-order valence-corrected chi connectivity index (χ1v) is 7.62. The first-order chi connectivity index (χ1) is 4.77. The quantitative estimate of drug-likeness (QED) is 0.496. The van der Waals surface area contributed by atoms with Crippen LogP contribution >= 0.6 is 11.6 Å². The summed E-state index contributed by atoms with van der Waals surface area (Å²) in [5.41, 5.74) is 0.944. The predicted molar refractivity (Wildman–Crippen MR) is 53.6 cm³/mol. The highest BCUT2D eigenvalue weighted by Crippen LogP contribution is 2.17. The van der Waals surface area contributed by atoms with Gasteiger partial charge in [-0.25, -0.2) is 0 Å². The van der Waals surface area contributed by atoms with Crippen LogP contribution in [0, 0.1) is 5.41 Å². The molecule has 0 aliphatic carbocycles. The summed E-state index contributed by atoms with van der Waals surface area (Å²) in [5.74, 6) is 0. The van der Waals surface area contributed by atoms with Crippen molar-refractivity contribution in [2.75, 3.05) is 12.1 Å². The fourth-order valence-electron chi connectivity index (χ4n) is 0.450. The van der Waals surface area contributed by atoms with Gasteiger partial charge >= 0.3 is 0 Å². The molecule has 0 aliphatic rings. The van der Waals surface area contributed by atoms with Gasteiger partial charge in [-0.1, -0.05) is 20.8 Å². The fourth-order valence-corrected chi connectivity index (χ4v) is 1.58. The number of halogens is 1. The first-order valence-electron chi connectivity index (χ1n) is 3.97. The summed E-state index contributed by atoms with van der Waals surface area (Å²) >= 11 is 5.76. The molecular formula is C8H19ClOSi. The Bertz CT molecular complexity index is 118. The molecule has 1 nitrogen and oxygen atoms in total. The standard InChI is InChI=1S/C8H19ClOSi/c1-8(2,3)6-10-11(4,5)7-9/h6-7H2,1-5H3. The van der Waals surface area contributed by atoms with Crippen molar-refractivity contribution in [3.63, 3.8) is 0 Å². The van der Waals surface area contributed by atoms with Gasteiger partial charge in [0.25, 0.3) is 0 Å². The Kier molecular flexibility index (Phi) is 4.09. The summed E-state index contributed by atoms with van der Waals surface area (Å²) in [4.78, 5) is 0. The molecule has 0 fully saturated rings. The second-order valence-corrected chi connectivity index (χ2v) is 9.62. The molecule has 0 radical (unpaired) electrons. The van der Waals surface area contributed by atoms with Gasteiger partial charge in [-0.15, -0.1) is 11.6 Å². The van der Waals surface area contributed by atoms with E-state index in [-0.39, 0.29) is 5.41 Å². The lowest BCUT2D eigenvalue weighted by Gasteiger charge is -2.26. The van der Waals surface area contributed by atoms with Crippen LogP contribution in [0.3, 0.4) is 0 Å². The zero-order chi connectivity index (χ0) is 9.12. The zero-order valence-electron chi connectivity index (χ0n) is 8.20. The lowest BCUT2D eigenvalue weighted by Crippen LogP contribution is -2.36. The van der Waals surface area contributed by atoms with Crippen molar-refractivity contribution in [1.82, 2.24) is 0 Å². The van der Waals surface area contributed by atoms with Crippen LogP contribution < -0.4 is 0 Å². The molecule has 0 aromatic heterocycles. The minimum absolute atomic E-state index is 0.260. The largest absolute Gasteiger partial charge is 0.416 e. The molecule has 11 heavy (non-hydrogen) atoms. The van der Waals surface area contributed by atoms with E-state index in [4.69, 9.17) is 16.0 Å². The van der Waals surface area contributed by atoms with Crippen LogP contribution in [-0.4, -0.2) is 20.4 Å². The Morgan fingerprint density at radius 3 is 2.00 bits per heavy atom. The molecule has 0 rings (SSSR count). The average molecular weight is 195 g/mol. The van der Waals surface area contributed by atoms with E-state index in [1.807, 2.05) is 0 Å². The molecule has 0 amide bonds. The van der Waals surface area contributed by atoms with E-state index in [0.29, 0.717) is 5.50 Å². The molecule has 0 spiro atoms. The van der Waals surface area contributed by atoms with E-state index in [9.17, 15) is 0 Å². The molecular weight excluding hydrogens is 176 g/mol. The molecule has 0 N–H and O–H groups in total. The molecule has 3 heteroatoms. The highest BCUT2D eigenvalue weighted by Gasteiger charge is 2.23. The van der Waals surface area contributed by atoms with Gasteiger partial charge in [0.15, 0.2) is 0 Å². The Labute approximate surface area is 76.2 Å². The van der Waals surface area contributed by atoms with Crippen molar-refractivity contribution in [3.8, 4) is 0 Å². The maximum Gasteiger partial charge on any atom is 0.201 e. The molecule has 68 valence electrons. The number of hydrogen-bond donors (Lipinski definition) is 0. The molecule has 0 aromatic carbocycles. The van der Waals surface area contributed by atoms with Crippen LogP contribution in [0.25, 0.3) is 0 Å². The van der Waals surface area contributed by atoms with E-state index in [1.165, 1.54) is 0 Å². The molecule has 0 heterocycles. The van der Waals surface area contributed by atoms with Crippen molar-refractivity contribution in [3.05, 3.63) is 0 Å². The maximum absolute atomic E-state index is 5.76. The van der Waals surface area contributed by atoms with E-state index in [0.717, 1.165) is 6.61 Å². The summed E-state index contributed by atoms with van der Waals surface area (Å²) in [5, 5.41) is 0. The summed E-state index contributed by atoms with van der Waals surface area (Å²) < 4.78 is 5.75. The summed E-state index contributed by atoms with van der Waals surface area (Å²) in [6.45, 7) is 11.6. The van der Waals surface area contributed by atoms with E-state index >= 15 is 0 Å². The van der Waals surface area contributed by atoms with Crippen LogP contribution in [0.15, 0.2) is 0 Å². The maximum atomic E-state index is 5.76. The number of rotatable bonds is 3. The normalized spacial score (nSPS) is 13.6. The topological polar surface area (TPSA) is 9.23 Å². The summed E-state index contributed by atoms with van der Waals surface area (Å²) in [6, 6.07) is 0. The summed E-state index contributed by atoms with van der Waals surface area (Å²) in [7, 11) is -1.52. The Morgan fingerprint density at radius 1 is 1.27 bits per heavy atom. The van der Waals surface area contributed by atoms with Gasteiger partial charge in [-0.05, 0) is 18.5 Å². The van der Waals surface area contributed by atoms with Crippen molar-refractivity contribution in [1.29, 1.82) is 0 Å². The fraction of sp³-hybridized carbons (Fsp3) is 1.00. The zero-order valence-corrected chi connectivity index (χ0v) is 9.96. The van der Waals surface area contributed by atoms with Crippen LogP contribution in [0.5, 0.6) is 0 Å². The predicted octanol–water partition coefficient (Wildman–Crippen LogP) is 3.03. The minimum atomic E-state index is -1.52.